The van der Waals surface area contributed by atoms with Crippen molar-refractivity contribution in [3.63, 3.8) is 0 Å². The molecular formula is C19H28N4O2S. The van der Waals surface area contributed by atoms with Gasteiger partial charge in [-0.1, -0.05) is 18.9 Å². The Hall–Kier alpha value is -1.70. The van der Waals surface area contributed by atoms with Crippen LogP contribution in [-0.2, 0) is 10.0 Å². The summed E-state index contributed by atoms with van der Waals surface area (Å²) in [5, 5.41) is 4.19. The fourth-order valence-electron chi connectivity index (χ4n) is 3.54. The molecule has 1 aromatic heterocycles. The highest BCUT2D eigenvalue weighted by Crippen LogP contribution is 2.24. The van der Waals surface area contributed by atoms with Gasteiger partial charge >= 0.3 is 0 Å². The van der Waals surface area contributed by atoms with E-state index in [0.29, 0.717) is 17.5 Å². The minimum absolute atomic E-state index is 0.344. The third kappa shape index (κ3) is 4.00. The molecule has 0 bridgehead atoms. The van der Waals surface area contributed by atoms with Crippen molar-refractivity contribution < 1.29 is 8.42 Å². The molecule has 1 saturated carbocycles. The van der Waals surface area contributed by atoms with Crippen LogP contribution < -0.4 is 0 Å². The maximum Gasteiger partial charge on any atom is 0.243 e. The first kappa shape index (κ1) is 19.1. The Labute approximate surface area is 156 Å². The van der Waals surface area contributed by atoms with Crippen molar-refractivity contribution in [3.05, 3.63) is 42.2 Å². The molecule has 0 spiro atoms. The first-order valence-electron chi connectivity index (χ1n) is 9.17. The Bertz CT molecular complexity index is 827. The second kappa shape index (κ2) is 7.90. The van der Waals surface area contributed by atoms with E-state index in [4.69, 9.17) is 0 Å². The Kier molecular flexibility index (Phi) is 5.79. The number of benzene rings is 1. The number of likely N-dealkylation sites (N-methyl/N-ethyl adjacent to an activating group) is 2. The van der Waals surface area contributed by atoms with Crippen molar-refractivity contribution in [2.45, 2.75) is 43.5 Å². The van der Waals surface area contributed by atoms with Gasteiger partial charge in [0.05, 0.1) is 10.6 Å². The van der Waals surface area contributed by atoms with Crippen LogP contribution in [0.5, 0.6) is 0 Å². The van der Waals surface area contributed by atoms with Gasteiger partial charge < -0.3 is 4.90 Å². The predicted octanol–water partition coefficient (Wildman–Crippen LogP) is 2.68. The molecule has 0 N–H and O–H groups in total. The normalized spacial score (nSPS) is 16.0. The van der Waals surface area contributed by atoms with Gasteiger partial charge in [0, 0.05) is 38.6 Å². The van der Waals surface area contributed by atoms with Crippen LogP contribution in [0.4, 0.5) is 0 Å². The molecule has 0 atom stereocenters. The number of rotatable bonds is 7. The smallest absolute Gasteiger partial charge is 0.243 e. The third-order valence-electron chi connectivity index (χ3n) is 5.34. The van der Waals surface area contributed by atoms with Crippen molar-refractivity contribution in [2.24, 2.45) is 0 Å². The van der Waals surface area contributed by atoms with Crippen molar-refractivity contribution in [1.29, 1.82) is 0 Å². The fraction of sp³-hybridized carbons (Fsp3) is 0.526. The lowest BCUT2D eigenvalue weighted by Crippen LogP contribution is -2.38. The maximum absolute atomic E-state index is 13.1. The van der Waals surface area contributed by atoms with Crippen molar-refractivity contribution in [1.82, 2.24) is 19.0 Å². The van der Waals surface area contributed by atoms with Crippen LogP contribution in [0.25, 0.3) is 5.69 Å². The van der Waals surface area contributed by atoms with Crippen LogP contribution in [0.2, 0.25) is 0 Å². The van der Waals surface area contributed by atoms with Gasteiger partial charge in [-0.2, -0.15) is 9.40 Å². The van der Waals surface area contributed by atoms with Crippen LogP contribution in [-0.4, -0.2) is 60.6 Å². The molecule has 3 rings (SSSR count). The summed E-state index contributed by atoms with van der Waals surface area (Å²) >= 11 is 0. The Morgan fingerprint density at radius 2 is 1.92 bits per heavy atom. The second-order valence-electron chi connectivity index (χ2n) is 7.15. The molecule has 1 heterocycles. The molecule has 0 amide bonds. The molecule has 1 aliphatic carbocycles. The molecular weight excluding hydrogens is 348 g/mol. The number of nitrogens with zero attached hydrogens (tertiary/aromatic N) is 4. The summed E-state index contributed by atoms with van der Waals surface area (Å²) in [6.45, 7) is 3.07. The summed E-state index contributed by atoms with van der Waals surface area (Å²) in [4.78, 5) is 2.64. The first-order valence-corrected chi connectivity index (χ1v) is 10.6. The van der Waals surface area contributed by atoms with E-state index in [1.807, 2.05) is 25.1 Å². The zero-order chi connectivity index (χ0) is 18.7. The number of hydrogen-bond donors (Lipinski definition) is 0. The highest BCUT2D eigenvalue weighted by Gasteiger charge is 2.25. The summed E-state index contributed by atoms with van der Waals surface area (Å²) in [5.74, 6) is 0. The number of aromatic nitrogens is 2. The number of sulfonamides is 1. The van der Waals surface area contributed by atoms with Crippen LogP contribution >= 0.6 is 0 Å². The van der Waals surface area contributed by atoms with Crippen LogP contribution in [0, 0.1) is 6.92 Å². The molecule has 1 aromatic carbocycles. The molecule has 26 heavy (non-hydrogen) atoms. The fourth-order valence-corrected chi connectivity index (χ4v) is 4.95. The second-order valence-corrected chi connectivity index (χ2v) is 9.16. The van der Waals surface area contributed by atoms with E-state index >= 15 is 0 Å². The van der Waals surface area contributed by atoms with Gasteiger partial charge in [0.1, 0.15) is 0 Å². The summed E-state index contributed by atoms with van der Waals surface area (Å²) in [5.41, 5.74) is 1.49. The Balaban J connectivity index is 1.75. The van der Waals surface area contributed by atoms with Crippen LogP contribution in [0.3, 0.4) is 0 Å². The summed E-state index contributed by atoms with van der Waals surface area (Å²) < 4.78 is 29.3. The number of aryl methyl sites for hydroxylation is 1. The number of hydrogen-bond acceptors (Lipinski definition) is 4. The van der Waals surface area contributed by atoms with E-state index in [2.05, 4.69) is 17.0 Å². The van der Waals surface area contributed by atoms with Gasteiger partial charge in [-0.25, -0.2) is 13.1 Å². The lowest BCUT2D eigenvalue weighted by atomic mass is 10.2. The van der Waals surface area contributed by atoms with Gasteiger partial charge in [-0.3, -0.25) is 0 Å². The predicted molar refractivity (Wildman–Crippen MR) is 103 cm³/mol. The van der Waals surface area contributed by atoms with Gasteiger partial charge in [0.2, 0.25) is 10.0 Å². The van der Waals surface area contributed by atoms with E-state index in [1.165, 1.54) is 30.0 Å². The first-order chi connectivity index (χ1) is 12.4. The van der Waals surface area contributed by atoms with Gasteiger partial charge in [-0.05, 0) is 50.6 Å². The summed E-state index contributed by atoms with van der Waals surface area (Å²) in [7, 11) is 0.225. The van der Waals surface area contributed by atoms with E-state index in [-0.39, 0.29) is 0 Å². The zero-order valence-electron chi connectivity index (χ0n) is 15.8. The minimum Gasteiger partial charge on any atom is -0.302 e. The van der Waals surface area contributed by atoms with E-state index in [9.17, 15) is 8.42 Å². The minimum atomic E-state index is -3.54. The Morgan fingerprint density at radius 3 is 2.58 bits per heavy atom. The monoisotopic (exact) mass is 376 g/mol. The topological polar surface area (TPSA) is 58.4 Å². The quantitative estimate of drug-likeness (QED) is 0.745. The average Bonchev–Trinajstić information content (AvgIpc) is 3.32. The van der Waals surface area contributed by atoms with Crippen LogP contribution in [0.15, 0.2) is 41.6 Å². The molecule has 0 saturated heterocycles. The molecule has 1 aliphatic rings. The molecule has 142 valence electrons. The molecule has 6 nitrogen and oxygen atoms in total. The van der Waals surface area contributed by atoms with Gasteiger partial charge in [0.25, 0.3) is 0 Å². The van der Waals surface area contributed by atoms with E-state index in [0.717, 1.165) is 17.8 Å². The highest BCUT2D eigenvalue weighted by atomic mass is 32.2. The lowest BCUT2D eigenvalue weighted by Gasteiger charge is -2.27. The van der Waals surface area contributed by atoms with Gasteiger partial charge in [0.15, 0.2) is 0 Å². The van der Waals surface area contributed by atoms with Gasteiger partial charge in [-0.15, -0.1) is 0 Å². The molecule has 2 aromatic rings. The SMILES string of the molecule is Cc1ccc(-n2cccn2)cc1S(=O)(=O)N(C)CCN(C)C1CCCC1. The molecule has 0 aliphatic heterocycles. The van der Waals surface area contributed by atoms with Crippen molar-refractivity contribution in [2.75, 3.05) is 27.2 Å². The lowest BCUT2D eigenvalue weighted by molar-refractivity contribution is 0.233. The molecule has 1 fully saturated rings. The molecule has 7 heteroatoms. The Morgan fingerprint density at radius 1 is 1.19 bits per heavy atom. The van der Waals surface area contributed by atoms with Crippen LogP contribution in [0.1, 0.15) is 31.2 Å². The molecule has 0 radical (unpaired) electrons. The largest absolute Gasteiger partial charge is 0.302 e. The van der Waals surface area contributed by atoms with Crippen molar-refractivity contribution >= 4 is 10.0 Å². The van der Waals surface area contributed by atoms with E-state index in [1.54, 1.807) is 30.2 Å². The summed E-state index contributed by atoms with van der Waals surface area (Å²) in [6, 6.07) is 7.84. The average molecular weight is 377 g/mol. The highest BCUT2D eigenvalue weighted by molar-refractivity contribution is 7.89. The molecule has 0 unspecified atom stereocenters. The van der Waals surface area contributed by atoms with Crippen molar-refractivity contribution in [3.8, 4) is 5.69 Å². The standard InChI is InChI=1S/C19H28N4O2S/c1-16-9-10-18(23-12-6-11-20-23)15-19(16)26(24,25)22(3)14-13-21(2)17-7-4-5-8-17/h6,9-12,15,17H,4-5,7-8,13-14H2,1-3H3. The van der Waals surface area contributed by atoms with E-state index < -0.39 is 10.0 Å². The zero-order valence-corrected chi connectivity index (χ0v) is 16.6. The maximum atomic E-state index is 13.1. The third-order valence-corrected chi connectivity index (χ3v) is 7.34. The summed E-state index contributed by atoms with van der Waals surface area (Å²) in [6.07, 6.45) is 8.49.